The first-order valence-electron chi connectivity index (χ1n) is 5.86. The van der Waals surface area contributed by atoms with Crippen molar-refractivity contribution in [1.82, 2.24) is 4.98 Å². The van der Waals surface area contributed by atoms with E-state index in [1.165, 1.54) is 5.56 Å². The fraction of sp³-hybridized carbons (Fsp3) is 0.615. The van der Waals surface area contributed by atoms with Crippen LogP contribution in [0.15, 0.2) is 18.3 Å². The van der Waals surface area contributed by atoms with Crippen molar-refractivity contribution >= 4 is 11.6 Å². The van der Waals surface area contributed by atoms with Gasteiger partial charge in [0.2, 0.25) is 0 Å². The third-order valence-corrected chi connectivity index (χ3v) is 3.48. The Labute approximate surface area is 102 Å². The Bertz CT molecular complexity index is 338. The molecule has 0 saturated carbocycles. The number of ether oxygens (including phenoxy) is 1. The predicted octanol–water partition coefficient (Wildman–Crippen LogP) is 3.11. The molecule has 3 heteroatoms. The lowest BCUT2D eigenvalue weighted by atomic mass is 10.1. The van der Waals surface area contributed by atoms with Crippen LogP contribution in [0.1, 0.15) is 31.0 Å². The van der Waals surface area contributed by atoms with E-state index in [1.807, 2.05) is 19.2 Å². The van der Waals surface area contributed by atoms with E-state index in [0.29, 0.717) is 6.10 Å². The number of rotatable bonds is 3. The Kier molecular flexibility index (Phi) is 3.82. The summed E-state index contributed by atoms with van der Waals surface area (Å²) >= 11 is 6.36. The van der Waals surface area contributed by atoms with E-state index < -0.39 is 0 Å². The SMILES string of the molecule is Cc1ccc(CC(Cl)C2CCC(C)O2)nc1. The van der Waals surface area contributed by atoms with Crippen molar-refractivity contribution in [3.63, 3.8) is 0 Å². The van der Waals surface area contributed by atoms with E-state index in [1.54, 1.807) is 0 Å². The topological polar surface area (TPSA) is 22.1 Å². The van der Waals surface area contributed by atoms with Crippen LogP contribution >= 0.6 is 11.6 Å². The van der Waals surface area contributed by atoms with E-state index in [2.05, 4.69) is 18.0 Å². The van der Waals surface area contributed by atoms with Crippen LogP contribution in [0.25, 0.3) is 0 Å². The molecule has 1 aromatic rings. The smallest absolute Gasteiger partial charge is 0.0747 e. The molecule has 1 aliphatic heterocycles. The van der Waals surface area contributed by atoms with Crippen molar-refractivity contribution in [3.8, 4) is 0 Å². The number of aromatic nitrogens is 1. The highest BCUT2D eigenvalue weighted by Gasteiger charge is 2.28. The van der Waals surface area contributed by atoms with Crippen molar-refractivity contribution < 1.29 is 4.74 Å². The van der Waals surface area contributed by atoms with Crippen molar-refractivity contribution in [2.24, 2.45) is 0 Å². The Hall–Kier alpha value is -0.600. The minimum absolute atomic E-state index is 0.0418. The number of aryl methyl sites for hydroxylation is 1. The molecule has 0 spiro atoms. The molecule has 16 heavy (non-hydrogen) atoms. The second-order valence-corrected chi connectivity index (χ2v) is 5.17. The van der Waals surface area contributed by atoms with Gasteiger partial charge in [-0.25, -0.2) is 0 Å². The average molecular weight is 240 g/mol. The predicted molar refractivity (Wildman–Crippen MR) is 65.9 cm³/mol. The Balaban J connectivity index is 1.91. The molecule has 88 valence electrons. The van der Waals surface area contributed by atoms with Crippen molar-refractivity contribution in [2.45, 2.75) is 50.7 Å². The van der Waals surface area contributed by atoms with E-state index in [9.17, 15) is 0 Å². The zero-order chi connectivity index (χ0) is 11.5. The Morgan fingerprint density at radius 1 is 1.50 bits per heavy atom. The normalized spacial score (nSPS) is 26.9. The molecule has 1 aromatic heterocycles. The first kappa shape index (κ1) is 11.9. The third kappa shape index (κ3) is 2.96. The lowest BCUT2D eigenvalue weighted by Gasteiger charge is -2.17. The number of hydrogen-bond donors (Lipinski definition) is 0. The van der Waals surface area contributed by atoms with Gasteiger partial charge in [-0.15, -0.1) is 11.6 Å². The summed E-state index contributed by atoms with van der Waals surface area (Å²) in [4.78, 5) is 4.37. The summed E-state index contributed by atoms with van der Waals surface area (Å²) in [6, 6.07) is 4.12. The maximum absolute atomic E-state index is 6.36. The van der Waals surface area contributed by atoms with Gasteiger partial charge in [0.05, 0.1) is 17.6 Å². The maximum atomic E-state index is 6.36. The van der Waals surface area contributed by atoms with Crippen LogP contribution in [0.4, 0.5) is 0 Å². The Morgan fingerprint density at radius 2 is 2.31 bits per heavy atom. The van der Waals surface area contributed by atoms with Crippen LogP contribution in [0.2, 0.25) is 0 Å². The first-order valence-corrected chi connectivity index (χ1v) is 6.30. The van der Waals surface area contributed by atoms with Gasteiger partial charge in [0, 0.05) is 18.3 Å². The van der Waals surface area contributed by atoms with E-state index in [-0.39, 0.29) is 11.5 Å². The quantitative estimate of drug-likeness (QED) is 0.757. The van der Waals surface area contributed by atoms with Crippen LogP contribution in [-0.4, -0.2) is 22.6 Å². The second kappa shape index (κ2) is 5.15. The highest BCUT2D eigenvalue weighted by molar-refractivity contribution is 6.21. The Morgan fingerprint density at radius 3 is 2.88 bits per heavy atom. The number of alkyl halides is 1. The summed E-state index contributed by atoms with van der Waals surface area (Å²) < 4.78 is 5.76. The molecule has 0 aliphatic carbocycles. The van der Waals surface area contributed by atoms with Gasteiger partial charge >= 0.3 is 0 Å². The van der Waals surface area contributed by atoms with Crippen molar-refractivity contribution in [2.75, 3.05) is 0 Å². The minimum atomic E-state index is 0.0418. The van der Waals surface area contributed by atoms with Gasteiger partial charge in [-0.2, -0.15) is 0 Å². The number of halogens is 1. The molecule has 0 amide bonds. The lowest BCUT2D eigenvalue weighted by Crippen LogP contribution is -2.23. The van der Waals surface area contributed by atoms with Crippen LogP contribution < -0.4 is 0 Å². The maximum Gasteiger partial charge on any atom is 0.0747 e. The molecular formula is C13H18ClNO. The molecular weight excluding hydrogens is 222 g/mol. The standard InChI is InChI=1S/C13H18ClNO/c1-9-3-5-11(15-8-9)7-12(14)13-6-4-10(2)16-13/h3,5,8,10,12-13H,4,6-7H2,1-2H3. The molecule has 3 atom stereocenters. The van der Waals surface area contributed by atoms with E-state index in [4.69, 9.17) is 16.3 Å². The summed E-state index contributed by atoms with van der Waals surface area (Å²) in [5, 5.41) is 0.0418. The van der Waals surface area contributed by atoms with E-state index >= 15 is 0 Å². The molecule has 1 fully saturated rings. The molecule has 1 aliphatic rings. The fourth-order valence-electron chi connectivity index (χ4n) is 2.05. The number of pyridine rings is 1. The van der Waals surface area contributed by atoms with Gasteiger partial charge in [-0.3, -0.25) is 4.98 Å². The zero-order valence-electron chi connectivity index (χ0n) is 9.82. The molecule has 2 heterocycles. The summed E-state index contributed by atoms with van der Waals surface area (Å²) in [7, 11) is 0. The summed E-state index contributed by atoms with van der Waals surface area (Å²) in [6.07, 6.45) is 5.42. The zero-order valence-corrected chi connectivity index (χ0v) is 10.6. The fourth-order valence-corrected chi connectivity index (χ4v) is 2.39. The molecule has 1 saturated heterocycles. The summed E-state index contributed by atoms with van der Waals surface area (Å²) in [5.41, 5.74) is 2.23. The van der Waals surface area contributed by atoms with Gasteiger partial charge in [-0.05, 0) is 38.3 Å². The molecule has 0 radical (unpaired) electrons. The lowest BCUT2D eigenvalue weighted by molar-refractivity contribution is 0.0533. The second-order valence-electron chi connectivity index (χ2n) is 4.61. The first-order chi connectivity index (χ1) is 7.65. The largest absolute Gasteiger partial charge is 0.374 e. The van der Waals surface area contributed by atoms with Crippen LogP contribution in [0.3, 0.4) is 0 Å². The number of hydrogen-bond acceptors (Lipinski definition) is 2. The van der Waals surface area contributed by atoms with E-state index in [0.717, 1.165) is 25.0 Å². The van der Waals surface area contributed by atoms with Gasteiger partial charge in [-0.1, -0.05) is 6.07 Å². The molecule has 3 unspecified atom stereocenters. The summed E-state index contributed by atoms with van der Waals surface area (Å²) in [6.45, 7) is 4.14. The van der Waals surface area contributed by atoms with Crippen molar-refractivity contribution in [3.05, 3.63) is 29.6 Å². The monoisotopic (exact) mass is 239 g/mol. The van der Waals surface area contributed by atoms with Crippen LogP contribution in [-0.2, 0) is 11.2 Å². The molecule has 0 bridgehead atoms. The molecule has 0 aromatic carbocycles. The van der Waals surface area contributed by atoms with Crippen molar-refractivity contribution in [1.29, 1.82) is 0 Å². The number of nitrogens with zero attached hydrogens (tertiary/aromatic N) is 1. The van der Waals surface area contributed by atoms with Crippen LogP contribution in [0, 0.1) is 6.92 Å². The average Bonchev–Trinajstić information content (AvgIpc) is 2.68. The van der Waals surface area contributed by atoms with Gasteiger partial charge in [0.15, 0.2) is 0 Å². The van der Waals surface area contributed by atoms with Gasteiger partial charge in [0.25, 0.3) is 0 Å². The van der Waals surface area contributed by atoms with Gasteiger partial charge < -0.3 is 4.74 Å². The highest BCUT2D eigenvalue weighted by atomic mass is 35.5. The summed E-state index contributed by atoms with van der Waals surface area (Å²) in [5.74, 6) is 0. The third-order valence-electron chi connectivity index (χ3n) is 3.04. The highest BCUT2D eigenvalue weighted by Crippen LogP contribution is 2.26. The molecule has 0 N–H and O–H groups in total. The minimum Gasteiger partial charge on any atom is -0.374 e. The molecule has 2 rings (SSSR count). The van der Waals surface area contributed by atoms with Crippen LogP contribution in [0.5, 0.6) is 0 Å². The van der Waals surface area contributed by atoms with Gasteiger partial charge in [0.1, 0.15) is 0 Å². The molecule has 2 nitrogen and oxygen atoms in total.